The summed E-state index contributed by atoms with van der Waals surface area (Å²) in [6, 6.07) is 12.7. The number of carbonyl (C=O) groups excluding carboxylic acids is 1. The molecule has 3 rings (SSSR count). The summed E-state index contributed by atoms with van der Waals surface area (Å²) in [6.07, 6.45) is 2.74. The lowest BCUT2D eigenvalue weighted by molar-refractivity contribution is 0.107. The van der Waals surface area contributed by atoms with Gasteiger partial charge in [-0.3, -0.25) is 9.69 Å². The van der Waals surface area contributed by atoms with E-state index in [0.29, 0.717) is 12.1 Å². The Kier molecular flexibility index (Phi) is 6.95. The predicted octanol–water partition coefficient (Wildman–Crippen LogP) is 3.84. The van der Waals surface area contributed by atoms with E-state index in [1.165, 1.54) is 12.1 Å². The first kappa shape index (κ1) is 21.8. The number of ether oxygens (including phenoxy) is 1. The number of rotatable bonds is 7. The quantitative estimate of drug-likeness (QED) is 0.666. The standard InChI is InChI=1S/C21H25ClN2O4S/c1-2-28-19-13-20(29(23,26)27)16(12-17(19)21(22)25)18-10-6-7-11-24(18)14-15-8-4-3-5-9-15/h3-5,8-9,12-13,18H,2,6-7,10-11,14H2,1H3,(H2,23,26,27). The average molecular weight is 437 g/mol. The maximum absolute atomic E-state index is 12.4. The zero-order valence-electron chi connectivity index (χ0n) is 16.3. The molecule has 0 aliphatic carbocycles. The van der Waals surface area contributed by atoms with Gasteiger partial charge in [-0.05, 0) is 55.1 Å². The van der Waals surface area contributed by atoms with Crippen molar-refractivity contribution in [2.45, 2.75) is 43.7 Å². The zero-order chi connectivity index (χ0) is 21.0. The maximum Gasteiger partial charge on any atom is 0.256 e. The Hall–Kier alpha value is -1.93. The van der Waals surface area contributed by atoms with Gasteiger partial charge in [-0.2, -0.15) is 0 Å². The highest BCUT2D eigenvalue weighted by molar-refractivity contribution is 7.89. The van der Waals surface area contributed by atoms with Crippen LogP contribution in [-0.4, -0.2) is 31.7 Å². The molecule has 1 fully saturated rings. The van der Waals surface area contributed by atoms with Crippen LogP contribution in [0.5, 0.6) is 5.75 Å². The van der Waals surface area contributed by atoms with Gasteiger partial charge in [-0.1, -0.05) is 36.8 Å². The lowest BCUT2D eigenvalue weighted by atomic mass is 9.93. The summed E-state index contributed by atoms with van der Waals surface area (Å²) in [4.78, 5) is 14.2. The number of nitrogens with zero attached hydrogens (tertiary/aromatic N) is 1. The minimum Gasteiger partial charge on any atom is -0.493 e. The van der Waals surface area contributed by atoms with Crippen LogP contribution in [0, 0.1) is 0 Å². The molecule has 8 heteroatoms. The summed E-state index contributed by atoms with van der Waals surface area (Å²) in [5, 5.41) is 4.84. The summed E-state index contributed by atoms with van der Waals surface area (Å²) in [5.41, 5.74) is 1.79. The van der Waals surface area contributed by atoms with Gasteiger partial charge >= 0.3 is 0 Å². The first-order valence-corrected chi connectivity index (χ1v) is 11.5. The van der Waals surface area contributed by atoms with Crippen LogP contribution in [0.3, 0.4) is 0 Å². The summed E-state index contributed by atoms with van der Waals surface area (Å²) in [5.74, 6) is 0.130. The Labute approximate surface area is 176 Å². The number of sulfonamides is 1. The highest BCUT2D eigenvalue weighted by atomic mass is 35.5. The van der Waals surface area contributed by atoms with Gasteiger partial charge in [0.05, 0.1) is 17.1 Å². The van der Waals surface area contributed by atoms with Gasteiger partial charge in [0.25, 0.3) is 5.24 Å². The minimum atomic E-state index is -4.02. The zero-order valence-corrected chi connectivity index (χ0v) is 17.9. The highest BCUT2D eigenvalue weighted by Gasteiger charge is 2.31. The molecule has 0 amide bonds. The van der Waals surface area contributed by atoms with E-state index in [-0.39, 0.29) is 28.9 Å². The molecule has 0 spiro atoms. The van der Waals surface area contributed by atoms with Crippen LogP contribution in [0.2, 0.25) is 0 Å². The van der Waals surface area contributed by atoms with E-state index in [2.05, 4.69) is 4.90 Å². The Bertz CT molecular complexity index is 980. The number of halogens is 1. The van der Waals surface area contributed by atoms with Crippen molar-refractivity contribution in [1.82, 2.24) is 4.90 Å². The van der Waals surface area contributed by atoms with Crippen molar-refractivity contribution in [2.75, 3.05) is 13.2 Å². The van der Waals surface area contributed by atoms with Crippen molar-refractivity contribution in [3.05, 3.63) is 59.2 Å². The Morgan fingerprint density at radius 2 is 1.97 bits per heavy atom. The second-order valence-electron chi connectivity index (χ2n) is 7.11. The Morgan fingerprint density at radius 1 is 1.24 bits per heavy atom. The Balaban J connectivity index is 2.10. The third-order valence-electron chi connectivity index (χ3n) is 5.13. The number of benzene rings is 2. The molecule has 0 radical (unpaired) electrons. The molecule has 2 aromatic carbocycles. The number of primary sulfonamides is 1. The van der Waals surface area contributed by atoms with E-state index >= 15 is 0 Å². The van der Waals surface area contributed by atoms with Crippen LogP contribution in [0.25, 0.3) is 0 Å². The van der Waals surface area contributed by atoms with Gasteiger partial charge in [0.15, 0.2) is 0 Å². The SMILES string of the molecule is CCOc1cc(S(N)(=O)=O)c(C2CCCCN2Cc2ccccc2)cc1C(=O)Cl. The van der Waals surface area contributed by atoms with E-state index in [1.54, 1.807) is 6.92 Å². The molecular weight excluding hydrogens is 412 g/mol. The number of likely N-dealkylation sites (tertiary alicyclic amines) is 1. The molecule has 0 aromatic heterocycles. The first-order valence-electron chi connectivity index (χ1n) is 9.62. The highest BCUT2D eigenvalue weighted by Crippen LogP contribution is 2.38. The van der Waals surface area contributed by atoms with Crippen molar-refractivity contribution in [3.63, 3.8) is 0 Å². The summed E-state index contributed by atoms with van der Waals surface area (Å²) in [6.45, 7) is 3.51. The molecule has 1 aliphatic rings. The van der Waals surface area contributed by atoms with Gasteiger partial charge in [0.2, 0.25) is 10.0 Å². The topological polar surface area (TPSA) is 89.7 Å². The fourth-order valence-corrected chi connectivity index (χ4v) is 4.81. The number of piperidine rings is 1. The Morgan fingerprint density at radius 3 is 2.59 bits per heavy atom. The number of hydrogen-bond acceptors (Lipinski definition) is 5. The van der Waals surface area contributed by atoms with E-state index in [1.807, 2.05) is 30.3 Å². The van der Waals surface area contributed by atoms with Gasteiger partial charge in [-0.15, -0.1) is 0 Å². The van der Waals surface area contributed by atoms with Gasteiger partial charge < -0.3 is 4.74 Å². The van der Waals surface area contributed by atoms with Gasteiger partial charge in [-0.25, -0.2) is 13.6 Å². The fraction of sp³-hybridized carbons (Fsp3) is 0.381. The molecule has 1 heterocycles. The molecule has 1 unspecified atom stereocenters. The average Bonchev–Trinajstić information content (AvgIpc) is 2.68. The van der Waals surface area contributed by atoms with Crippen LogP contribution in [-0.2, 0) is 16.6 Å². The van der Waals surface area contributed by atoms with Crippen molar-refractivity contribution in [3.8, 4) is 5.75 Å². The normalized spacial score (nSPS) is 17.8. The molecule has 156 valence electrons. The number of nitrogens with two attached hydrogens (primary N) is 1. The van der Waals surface area contributed by atoms with Crippen LogP contribution in [0.4, 0.5) is 0 Å². The molecule has 1 atom stereocenters. The molecule has 1 aliphatic heterocycles. The van der Waals surface area contributed by atoms with Gasteiger partial charge in [0.1, 0.15) is 5.75 Å². The largest absolute Gasteiger partial charge is 0.493 e. The number of hydrogen-bond donors (Lipinski definition) is 1. The lowest BCUT2D eigenvalue weighted by Gasteiger charge is -2.37. The molecule has 0 saturated carbocycles. The van der Waals surface area contributed by atoms with Crippen molar-refractivity contribution in [1.29, 1.82) is 0 Å². The molecule has 1 saturated heterocycles. The summed E-state index contributed by atoms with van der Waals surface area (Å²) in [7, 11) is -4.02. The summed E-state index contributed by atoms with van der Waals surface area (Å²) < 4.78 is 30.2. The van der Waals surface area contributed by atoms with E-state index in [0.717, 1.165) is 31.4 Å². The van der Waals surface area contributed by atoms with Crippen LogP contribution >= 0.6 is 11.6 Å². The van der Waals surface area contributed by atoms with E-state index in [4.69, 9.17) is 21.5 Å². The fourth-order valence-electron chi connectivity index (χ4n) is 3.86. The maximum atomic E-state index is 12.4. The smallest absolute Gasteiger partial charge is 0.256 e. The summed E-state index contributed by atoms with van der Waals surface area (Å²) >= 11 is 5.77. The molecule has 0 bridgehead atoms. The van der Waals surface area contributed by atoms with Crippen LogP contribution in [0.1, 0.15) is 53.7 Å². The third kappa shape index (κ3) is 5.17. The number of carbonyl (C=O) groups is 1. The monoisotopic (exact) mass is 436 g/mol. The van der Waals surface area contributed by atoms with Crippen LogP contribution < -0.4 is 9.88 Å². The first-order chi connectivity index (χ1) is 13.8. The second-order valence-corrected chi connectivity index (χ2v) is 8.98. The van der Waals surface area contributed by atoms with Gasteiger partial charge in [0, 0.05) is 18.7 Å². The molecular formula is C21H25ClN2O4S. The predicted molar refractivity (Wildman–Crippen MR) is 113 cm³/mol. The third-order valence-corrected chi connectivity index (χ3v) is 6.30. The van der Waals surface area contributed by atoms with E-state index < -0.39 is 15.3 Å². The second kappa shape index (κ2) is 9.26. The van der Waals surface area contributed by atoms with Crippen molar-refractivity contribution >= 4 is 26.9 Å². The van der Waals surface area contributed by atoms with E-state index in [9.17, 15) is 13.2 Å². The lowest BCUT2D eigenvalue weighted by Crippen LogP contribution is -2.34. The minimum absolute atomic E-state index is 0.0208. The molecule has 29 heavy (non-hydrogen) atoms. The van der Waals surface area contributed by atoms with Crippen LogP contribution in [0.15, 0.2) is 47.4 Å². The van der Waals surface area contributed by atoms with Crippen molar-refractivity contribution in [2.24, 2.45) is 5.14 Å². The molecule has 2 N–H and O–H groups in total. The van der Waals surface area contributed by atoms with Crippen molar-refractivity contribution < 1.29 is 17.9 Å². The molecule has 2 aromatic rings. The molecule has 6 nitrogen and oxygen atoms in total.